The van der Waals surface area contributed by atoms with Crippen LogP contribution in [0, 0.1) is 0 Å². The highest BCUT2D eigenvalue weighted by molar-refractivity contribution is 8.00. The summed E-state index contributed by atoms with van der Waals surface area (Å²) in [6, 6.07) is 0. The summed E-state index contributed by atoms with van der Waals surface area (Å²) < 4.78 is 5.42. The van der Waals surface area contributed by atoms with Crippen LogP contribution in [0.4, 0.5) is 0 Å². The molecule has 0 spiro atoms. The maximum absolute atomic E-state index is 11.7. The largest absolute Gasteiger partial charge is 0.378 e. The van der Waals surface area contributed by atoms with Gasteiger partial charge in [0.1, 0.15) is 0 Å². The van der Waals surface area contributed by atoms with Crippen molar-refractivity contribution in [2.24, 2.45) is 0 Å². The lowest BCUT2D eigenvalue weighted by atomic mass is 10.1. The molecule has 0 aromatic carbocycles. The van der Waals surface area contributed by atoms with Crippen molar-refractivity contribution in [2.75, 3.05) is 12.4 Å². The number of rotatable bonds is 6. The van der Waals surface area contributed by atoms with Gasteiger partial charge in [0.05, 0.1) is 18.0 Å². The molecule has 0 rings (SSSR count). The van der Waals surface area contributed by atoms with Crippen molar-refractivity contribution < 1.29 is 9.53 Å². The molecule has 0 saturated heterocycles. The third kappa shape index (κ3) is 9.04. The summed E-state index contributed by atoms with van der Waals surface area (Å²) in [6.07, 6.45) is 0.263. The monoisotopic (exact) mass is 247 g/mol. The molecule has 16 heavy (non-hydrogen) atoms. The Labute approximate surface area is 104 Å². The Bertz CT molecular complexity index is 212. The number of amides is 1. The summed E-state index contributed by atoms with van der Waals surface area (Å²) in [5.41, 5.74) is -0.152. The minimum absolute atomic E-state index is 0.0185. The fourth-order valence-electron chi connectivity index (χ4n) is 1.06. The number of nitrogens with one attached hydrogen (secondary N) is 1. The molecule has 1 N–H and O–H groups in total. The third-order valence-electron chi connectivity index (χ3n) is 1.77. The van der Waals surface area contributed by atoms with E-state index >= 15 is 0 Å². The van der Waals surface area contributed by atoms with E-state index in [2.05, 4.69) is 5.32 Å². The summed E-state index contributed by atoms with van der Waals surface area (Å²) in [6.45, 7) is 12.6. The molecular weight excluding hydrogens is 222 g/mol. The van der Waals surface area contributed by atoms with E-state index in [1.165, 1.54) is 0 Å². The normalized spacial score (nSPS) is 13.9. The van der Waals surface area contributed by atoms with Crippen molar-refractivity contribution in [3.63, 3.8) is 0 Å². The van der Waals surface area contributed by atoms with E-state index in [0.29, 0.717) is 6.61 Å². The molecule has 4 heteroatoms. The average Bonchev–Trinajstić information content (AvgIpc) is 2.08. The summed E-state index contributed by atoms with van der Waals surface area (Å²) in [5.74, 6) is 0.957. The van der Waals surface area contributed by atoms with E-state index in [-0.39, 0.29) is 22.8 Å². The Balaban J connectivity index is 3.72. The van der Waals surface area contributed by atoms with Gasteiger partial charge in [0, 0.05) is 11.3 Å². The number of thioether (sulfide) groups is 1. The first-order chi connectivity index (χ1) is 7.22. The molecule has 0 radical (unpaired) electrons. The molecule has 0 saturated carbocycles. The lowest BCUT2D eigenvalue weighted by Crippen LogP contribution is -2.44. The molecule has 0 aromatic rings. The van der Waals surface area contributed by atoms with Crippen LogP contribution >= 0.6 is 11.8 Å². The van der Waals surface area contributed by atoms with Gasteiger partial charge in [-0.1, -0.05) is 0 Å². The molecule has 0 aliphatic carbocycles. The highest BCUT2D eigenvalue weighted by Gasteiger charge is 2.19. The van der Waals surface area contributed by atoms with Crippen molar-refractivity contribution >= 4 is 17.7 Å². The second kappa shape index (κ2) is 7.17. The Morgan fingerprint density at radius 3 is 2.31 bits per heavy atom. The minimum atomic E-state index is -0.152. The molecule has 96 valence electrons. The smallest absolute Gasteiger partial charge is 0.233 e. The standard InChI is InChI=1S/C12H25NO2S/c1-9(2)15-7-8-16-10(3)11(14)13-12(4,5)6/h9-10H,7-8H2,1-6H3,(H,13,14)/t10-/m1/s1. The van der Waals surface area contributed by atoms with Gasteiger partial charge >= 0.3 is 0 Å². The van der Waals surface area contributed by atoms with Gasteiger partial charge in [0.2, 0.25) is 5.91 Å². The summed E-state index contributed by atoms with van der Waals surface area (Å²) >= 11 is 1.63. The maximum Gasteiger partial charge on any atom is 0.233 e. The predicted molar refractivity (Wildman–Crippen MR) is 70.9 cm³/mol. The molecule has 0 unspecified atom stereocenters. The number of hydrogen-bond acceptors (Lipinski definition) is 3. The van der Waals surface area contributed by atoms with Crippen LogP contribution in [0.1, 0.15) is 41.5 Å². The Kier molecular flexibility index (Phi) is 7.07. The van der Waals surface area contributed by atoms with Crippen LogP contribution in [0.25, 0.3) is 0 Å². The van der Waals surface area contributed by atoms with Gasteiger partial charge in [0.25, 0.3) is 0 Å². The molecule has 0 aliphatic heterocycles. The number of hydrogen-bond donors (Lipinski definition) is 1. The van der Waals surface area contributed by atoms with E-state index in [4.69, 9.17) is 4.74 Å². The topological polar surface area (TPSA) is 38.3 Å². The Morgan fingerprint density at radius 2 is 1.88 bits per heavy atom. The van der Waals surface area contributed by atoms with E-state index < -0.39 is 0 Å². The summed E-state index contributed by atoms with van der Waals surface area (Å²) in [7, 11) is 0. The van der Waals surface area contributed by atoms with Crippen LogP contribution in [0.3, 0.4) is 0 Å². The van der Waals surface area contributed by atoms with Crippen LogP contribution in [-0.4, -0.2) is 35.2 Å². The van der Waals surface area contributed by atoms with E-state index in [0.717, 1.165) is 5.75 Å². The predicted octanol–water partition coefficient (Wildman–Crippen LogP) is 2.45. The van der Waals surface area contributed by atoms with Gasteiger partial charge in [-0.3, -0.25) is 4.79 Å². The molecule has 1 atom stereocenters. The Morgan fingerprint density at radius 1 is 1.31 bits per heavy atom. The van der Waals surface area contributed by atoms with Crippen LogP contribution in [0.2, 0.25) is 0 Å². The average molecular weight is 247 g/mol. The van der Waals surface area contributed by atoms with Crippen molar-refractivity contribution in [3.05, 3.63) is 0 Å². The first kappa shape index (κ1) is 15.8. The highest BCUT2D eigenvalue weighted by Crippen LogP contribution is 2.12. The van der Waals surface area contributed by atoms with Gasteiger partial charge < -0.3 is 10.1 Å². The first-order valence-corrected chi connectivity index (χ1v) is 6.82. The second-order valence-electron chi connectivity index (χ2n) is 5.17. The van der Waals surface area contributed by atoms with Crippen LogP contribution < -0.4 is 5.32 Å². The zero-order chi connectivity index (χ0) is 12.8. The van der Waals surface area contributed by atoms with E-state index in [9.17, 15) is 4.79 Å². The van der Waals surface area contributed by atoms with Crippen molar-refractivity contribution in [1.82, 2.24) is 5.32 Å². The zero-order valence-electron chi connectivity index (χ0n) is 11.3. The van der Waals surface area contributed by atoms with Crippen molar-refractivity contribution in [1.29, 1.82) is 0 Å². The number of carbonyl (C=O) groups is 1. The summed E-state index contributed by atoms with van der Waals surface area (Å²) in [5, 5.41) is 2.95. The summed E-state index contributed by atoms with van der Waals surface area (Å²) in [4.78, 5) is 11.7. The van der Waals surface area contributed by atoms with Crippen LogP contribution in [0.15, 0.2) is 0 Å². The van der Waals surface area contributed by atoms with E-state index in [1.54, 1.807) is 11.8 Å². The van der Waals surface area contributed by atoms with Gasteiger partial charge in [-0.05, 0) is 41.5 Å². The molecule has 0 heterocycles. The first-order valence-electron chi connectivity index (χ1n) is 5.77. The maximum atomic E-state index is 11.7. The molecule has 0 aliphatic rings. The molecule has 0 bridgehead atoms. The van der Waals surface area contributed by atoms with Crippen LogP contribution in [-0.2, 0) is 9.53 Å². The third-order valence-corrected chi connectivity index (χ3v) is 2.89. The minimum Gasteiger partial charge on any atom is -0.378 e. The van der Waals surface area contributed by atoms with Gasteiger partial charge in [-0.15, -0.1) is 11.8 Å². The molecule has 0 aromatic heterocycles. The molecule has 0 fully saturated rings. The fourth-order valence-corrected chi connectivity index (χ4v) is 1.81. The lowest BCUT2D eigenvalue weighted by molar-refractivity contribution is -0.121. The SMILES string of the molecule is CC(C)OCCS[C@H](C)C(=O)NC(C)(C)C. The zero-order valence-corrected chi connectivity index (χ0v) is 12.1. The Hall–Kier alpha value is -0.220. The highest BCUT2D eigenvalue weighted by atomic mass is 32.2. The van der Waals surface area contributed by atoms with Crippen molar-refractivity contribution in [2.45, 2.75) is 58.4 Å². The lowest BCUT2D eigenvalue weighted by Gasteiger charge is -2.23. The van der Waals surface area contributed by atoms with E-state index in [1.807, 2.05) is 41.5 Å². The van der Waals surface area contributed by atoms with Gasteiger partial charge in [-0.2, -0.15) is 0 Å². The number of ether oxygens (including phenoxy) is 1. The number of carbonyl (C=O) groups excluding carboxylic acids is 1. The molecular formula is C12H25NO2S. The van der Waals surface area contributed by atoms with Gasteiger partial charge in [0.15, 0.2) is 0 Å². The fraction of sp³-hybridized carbons (Fsp3) is 0.917. The van der Waals surface area contributed by atoms with Gasteiger partial charge in [-0.25, -0.2) is 0 Å². The molecule has 3 nitrogen and oxygen atoms in total. The molecule has 1 amide bonds. The second-order valence-corrected chi connectivity index (χ2v) is 6.62. The quantitative estimate of drug-likeness (QED) is 0.733. The van der Waals surface area contributed by atoms with Crippen LogP contribution in [0.5, 0.6) is 0 Å². The van der Waals surface area contributed by atoms with Crippen molar-refractivity contribution in [3.8, 4) is 0 Å².